The summed E-state index contributed by atoms with van der Waals surface area (Å²) in [5, 5.41) is 13.3. The second kappa shape index (κ2) is 9.06. The fourth-order valence-electron chi connectivity index (χ4n) is 4.23. The molecule has 1 atom stereocenters. The Morgan fingerprint density at radius 2 is 2.03 bits per heavy atom. The van der Waals surface area contributed by atoms with E-state index in [-0.39, 0.29) is 11.8 Å². The van der Waals surface area contributed by atoms with Crippen LogP contribution in [0.5, 0.6) is 0 Å². The molecule has 0 spiro atoms. The lowest BCUT2D eigenvalue weighted by atomic mass is 10.2. The number of hydrogen-bond acceptors (Lipinski definition) is 6. The molecule has 0 aromatic carbocycles. The summed E-state index contributed by atoms with van der Waals surface area (Å²) in [4.78, 5) is 39.5. The van der Waals surface area contributed by atoms with Crippen LogP contribution in [0.25, 0.3) is 22.3 Å². The number of anilines is 2. The van der Waals surface area contributed by atoms with Crippen molar-refractivity contribution in [2.75, 3.05) is 23.7 Å². The standard InChI is InChI=1S/C24H26N8O2/c1-14-4-3-5-32(14)13-22(33)29-19-8-20(15(2)25-12-19)31-24(34)17-6-16-7-21(18-10-27-28-11-18)30-23(16)26-9-17/h6-12,14H,3-5,13H2,1-2H3,(H,26,30)(H,27,28)(H,29,33)(H,31,34)/t14-/m0/s1. The van der Waals surface area contributed by atoms with E-state index in [1.54, 1.807) is 37.6 Å². The van der Waals surface area contributed by atoms with Gasteiger partial charge in [-0.1, -0.05) is 0 Å². The smallest absolute Gasteiger partial charge is 0.257 e. The molecular weight excluding hydrogens is 432 g/mol. The van der Waals surface area contributed by atoms with Crippen molar-refractivity contribution in [3.8, 4) is 11.3 Å². The molecule has 1 saturated heterocycles. The van der Waals surface area contributed by atoms with E-state index in [0.717, 1.165) is 36.0 Å². The third-order valence-corrected chi connectivity index (χ3v) is 6.20. The fraction of sp³-hybridized carbons (Fsp3) is 0.292. The van der Waals surface area contributed by atoms with E-state index >= 15 is 0 Å². The summed E-state index contributed by atoms with van der Waals surface area (Å²) in [6, 6.07) is 5.85. The highest BCUT2D eigenvalue weighted by molar-refractivity contribution is 6.06. The van der Waals surface area contributed by atoms with Gasteiger partial charge in [-0.25, -0.2) is 4.98 Å². The van der Waals surface area contributed by atoms with Gasteiger partial charge < -0.3 is 15.6 Å². The van der Waals surface area contributed by atoms with Crippen LogP contribution in [0.1, 0.15) is 35.8 Å². The van der Waals surface area contributed by atoms with Crippen LogP contribution < -0.4 is 10.6 Å². The topological polar surface area (TPSA) is 132 Å². The molecule has 0 bridgehead atoms. The number of fused-ring (bicyclic) bond motifs is 1. The summed E-state index contributed by atoms with van der Waals surface area (Å²) in [6.45, 7) is 5.22. The first kappa shape index (κ1) is 21.8. The van der Waals surface area contributed by atoms with Gasteiger partial charge in [0.1, 0.15) is 5.65 Å². The van der Waals surface area contributed by atoms with Gasteiger partial charge in [0.05, 0.1) is 47.3 Å². The fourth-order valence-corrected chi connectivity index (χ4v) is 4.23. The Hall–Kier alpha value is -4.05. The van der Waals surface area contributed by atoms with Crippen LogP contribution >= 0.6 is 0 Å². The van der Waals surface area contributed by atoms with E-state index < -0.39 is 0 Å². The number of aryl methyl sites for hydroxylation is 1. The normalized spacial score (nSPS) is 16.1. The highest BCUT2D eigenvalue weighted by Gasteiger charge is 2.22. The molecule has 1 aliphatic rings. The van der Waals surface area contributed by atoms with Crippen molar-refractivity contribution < 1.29 is 9.59 Å². The number of carbonyl (C=O) groups is 2. The summed E-state index contributed by atoms with van der Waals surface area (Å²) in [5.74, 6) is -0.396. The molecule has 4 aromatic heterocycles. The predicted molar refractivity (Wildman–Crippen MR) is 130 cm³/mol. The Bertz CT molecular complexity index is 1340. The minimum atomic E-state index is -0.306. The van der Waals surface area contributed by atoms with Crippen molar-refractivity contribution in [2.45, 2.75) is 32.7 Å². The van der Waals surface area contributed by atoms with Crippen LogP contribution in [0.4, 0.5) is 11.4 Å². The van der Waals surface area contributed by atoms with Crippen LogP contribution in [0.3, 0.4) is 0 Å². The zero-order valence-electron chi connectivity index (χ0n) is 19.1. The Labute approximate surface area is 196 Å². The number of rotatable bonds is 6. The SMILES string of the molecule is Cc1ncc(NC(=O)CN2CCC[C@@H]2C)cc1NC(=O)c1cnc2[nH]c(-c3cn[nH]c3)cc2c1. The number of aromatic amines is 2. The molecule has 4 aromatic rings. The monoisotopic (exact) mass is 458 g/mol. The number of hydrogen-bond donors (Lipinski definition) is 4. The van der Waals surface area contributed by atoms with Gasteiger partial charge in [0.25, 0.3) is 5.91 Å². The minimum Gasteiger partial charge on any atom is -0.339 e. The maximum atomic E-state index is 12.9. The summed E-state index contributed by atoms with van der Waals surface area (Å²) in [6.07, 6.45) is 8.85. The molecule has 0 aliphatic carbocycles. The highest BCUT2D eigenvalue weighted by atomic mass is 16.2. The van der Waals surface area contributed by atoms with E-state index in [2.05, 4.69) is 47.6 Å². The van der Waals surface area contributed by atoms with E-state index in [1.807, 2.05) is 6.07 Å². The molecule has 2 amide bonds. The largest absolute Gasteiger partial charge is 0.339 e. The number of H-pyrrole nitrogens is 2. The first-order valence-electron chi connectivity index (χ1n) is 11.3. The molecule has 1 aliphatic heterocycles. The lowest BCUT2D eigenvalue weighted by molar-refractivity contribution is -0.117. The summed E-state index contributed by atoms with van der Waals surface area (Å²) >= 11 is 0. The molecule has 174 valence electrons. The van der Waals surface area contributed by atoms with Gasteiger partial charge in [-0.05, 0) is 51.4 Å². The average molecular weight is 459 g/mol. The summed E-state index contributed by atoms with van der Waals surface area (Å²) < 4.78 is 0. The number of amides is 2. The molecule has 4 N–H and O–H groups in total. The van der Waals surface area contributed by atoms with Gasteiger partial charge in [0.2, 0.25) is 5.91 Å². The van der Waals surface area contributed by atoms with Crippen LogP contribution in [-0.4, -0.2) is 61.0 Å². The van der Waals surface area contributed by atoms with Crippen molar-refractivity contribution in [1.82, 2.24) is 30.0 Å². The van der Waals surface area contributed by atoms with Crippen molar-refractivity contribution in [3.63, 3.8) is 0 Å². The van der Waals surface area contributed by atoms with Crippen molar-refractivity contribution in [1.29, 1.82) is 0 Å². The van der Waals surface area contributed by atoms with Crippen LogP contribution in [0.15, 0.2) is 43.0 Å². The van der Waals surface area contributed by atoms with E-state index in [9.17, 15) is 9.59 Å². The van der Waals surface area contributed by atoms with E-state index in [4.69, 9.17) is 0 Å². The number of carbonyl (C=O) groups excluding carboxylic acids is 2. The third kappa shape index (κ3) is 4.53. The van der Waals surface area contributed by atoms with Crippen LogP contribution in [0, 0.1) is 6.92 Å². The van der Waals surface area contributed by atoms with Gasteiger partial charge in [-0.3, -0.25) is 24.6 Å². The second-order valence-corrected chi connectivity index (χ2v) is 8.65. The lowest BCUT2D eigenvalue weighted by Gasteiger charge is -2.20. The average Bonchev–Trinajstić information content (AvgIpc) is 3.57. The number of likely N-dealkylation sites (tertiary alicyclic amines) is 1. The van der Waals surface area contributed by atoms with Crippen LogP contribution in [-0.2, 0) is 4.79 Å². The van der Waals surface area contributed by atoms with Gasteiger partial charge >= 0.3 is 0 Å². The van der Waals surface area contributed by atoms with E-state index in [0.29, 0.717) is 40.9 Å². The quantitative estimate of drug-likeness (QED) is 0.350. The Kier molecular flexibility index (Phi) is 5.81. The zero-order chi connectivity index (χ0) is 23.7. The number of pyridine rings is 2. The first-order valence-corrected chi connectivity index (χ1v) is 11.3. The Morgan fingerprint density at radius 3 is 2.79 bits per heavy atom. The Balaban J connectivity index is 1.29. The number of nitrogens with one attached hydrogen (secondary N) is 4. The maximum absolute atomic E-state index is 12.9. The van der Waals surface area contributed by atoms with Gasteiger partial charge in [0, 0.05) is 29.4 Å². The van der Waals surface area contributed by atoms with Gasteiger partial charge in [-0.2, -0.15) is 5.10 Å². The Morgan fingerprint density at radius 1 is 1.15 bits per heavy atom. The van der Waals surface area contributed by atoms with Gasteiger partial charge in [-0.15, -0.1) is 0 Å². The molecule has 10 heteroatoms. The predicted octanol–water partition coefficient (Wildman–Crippen LogP) is 3.33. The van der Waals surface area contributed by atoms with E-state index in [1.165, 1.54) is 6.20 Å². The van der Waals surface area contributed by atoms with Crippen molar-refractivity contribution >= 4 is 34.2 Å². The molecule has 1 fully saturated rings. The maximum Gasteiger partial charge on any atom is 0.257 e. The number of nitrogens with zero attached hydrogens (tertiary/aromatic N) is 4. The highest BCUT2D eigenvalue weighted by Crippen LogP contribution is 2.24. The third-order valence-electron chi connectivity index (χ3n) is 6.20. The molecule has 0 saturated carbocycles. The molecule has 0 radical (unpaired) electrons. The second-order valence-electron chi connectivity index (χ2n) is 8.65. The minimum absolute atomic E-state index is 0.0905. The molecule has 5 rings (SSSR count). The first-order chi connectivity index (χ1) is 16.5. The summed E-state index contributed by atoms with van der Waals surface area (Å²) in [7, 11) is 0. The van der Waals surface area contributed by atoms with Crippen molar-refractivity contribution in [3.05, 3.63) is 54.2 Å². The lowest BCUT2D eigenvalue weighted by Crippen LogP contribution is -2.35. The van der Waals surface area contributed by atoms with Gasteiger partial charge in [0.15, 0.2) is 0 Å². The van der Waals surface area contributed by atoms with Crippen LogP contribution in [0.2, 0.25) is 0 Å². The molecule has 5 heterocycles. The molecule has 34 heavy (non-hydrogen) atoms. The van der Waals surface area contributed by atoms with Crippen molar-refractivity contribution in [2.24, 2.45) is 0 Å². The number of aromatic nitrogens is 5. The summed E-state index contributed by atoms with van der Waals surface area (Å²) in [5.41, 5.74) is 4.60. The molecular formula is C24H26N8O2. The molecule has 10 nitrogen and oxygen atoms in total. The zero-order valence-corrected chi connectivity index (χ0v) is 19.1. The molecule has 0 unspecified atom stereocenters.